The van der Waals surface area contributed by atoms with Gasteiger partial charge in [0, 0.05) is 43.7 Å². The molecular weight excluding hydrogens is 479 g/mol. The fraction of sp³-hybridized carbons (Fsp3) is 0.321. The Kier molecular flexibility index (Phi) is 6.27. The van der Waals surface area contributed by atoms with Crippen molar-refractivity contribution in [2.45, 2.75) is 38.5 Å². The first kappa shape index (κ1) is 25.0. The molecule has 0 saturated carbocycles. The fourth-order valence-electron chi connectivity index (χ4n) is 4.81. The largest absolute Gasteiger partial charge is 0.418 e. The Morgan fingerprint density at radius 2 is 1.89 bits per heavy atom. The summed E-state index contributed by atoms with van der Waals surface area (Å²) in [5, 5.41) is 4.16. The summed E-state index contributed by atoms with van der Waals surface area (Å²) in [6, 6.07) is 13.8. The predicted molar refractivity (Wildman–Crippen MR) is 139 cm³/mol. The van der Waals surface area contributed by atoms with Crippen LogP contribution in [0.1, 0.15) is 37.1 Å². The highest BCUT2D eigenvalue weighted by Crippen LogP contribution is 2.41. The van der Waals surface area contributed by atoms with Gasteiger partial charge in [0.05, 0.1) is 29.2 Å². The molecule has 1 aliphatic heterocycles. The van der Waals surface area contributed by atoms with E-state index in [1.54, 1.807) is 19.2 Å². The van der Waals surface area contributed by atoms with Crippen molar-refractivity contribution in [2.24, 2.45) is 0 Å². The van der Waals surface area contributed by atoms with E-state index in [4.69, 9.17) is 4.74 Å². The van der Waals surface area contributed by atoms with Crippen molar-refractivity contribution in [2.75, 3.05) is 30.9 Å². The minimum Gasteiger partial charge on any atom is -0.378 e. The van der Waals surface area contributed by atoms with E-state index in [0.29, 0.717) is 16.7 Å². The van der Waals surface area contributed by atoms with E-state index < -0.39 is 11.7 Å². The van der Waals surface area contributed by atoms with Gasteiger partial charge in [0.2, 0.25) is 0 Å². The zero-order valence-electron chi connectivity index (χ0n) is 21.1. The van der Waals surface area contributed by atoms with Gasteiger partial charge in [0.15, 0.2) is 5.65 Å². The van der Waals surface area contributed by atoms with E-state index >= 15 is 0 Å². The monoisotopic (exact) mass is 507 g/mol. The van der Waals surface area contributed by atoms with Gasteiger partial charge >= 0.3 is 6.18 Å². The number of hydrogen-bond donors (Lipinski definition) is 1. The number of benzene rings is 1. The smallest absolute Gasteiger partial charge is 0.378 e. The maximum atomic E-state index is 13.6. The van der Waals surface area contributed by atoms with Crippen LogP contribution in [0.2, 0.25) is 0 Å². The van der Waals surface area contributed by atoms with Crippen LogP contribution in [0.15, 0.2) is 54.7 Å². The standard InChI is InChI=1S/C28H28F3N5O/c1-27(2)11-13-36(3)24-15-17(7-9-20(24)27)33-23-14-18(16-37-4)34-26-19(23)8-10-22(35-26)25-21(28(29,30)31)6-5-12-32-25/h5-10,12,14-15H,11,13,16H2,1-4H3,(H,33,34,35). The number of rotatable bonds is 5. The summed E-state index contributed by atoms with van der Waals surface area (Å²) in [6.45, 7) is 5.72. The summed E-state index contributed by atoms with van der Waals surface area (Å²) in [7, 11) is 3.65. The minimum absolute atomic E-state index is 0.0937. The van der Waals surface area contributed by atoms with Gasteiger partial charge in [0.1, 0.15) is 5.69 Å². The van der Waals surface area contributed by atoms with Crippen LogP contribution in [0.4, 0.5) is 30.2 Å². The summed E-state index contributed by atoms with van der Waals surface area (Å²) in [4.78, 5) is 15.3. The molecule has 6 nitrogen and oxygen atoms in total. The Balaban J connectivity index is 1.59. The van der Waals surface area contributed by atoms with E-state index in [9.17, 15) is 13.2 Å². The van der Waals surface area contributed by atoms with Crippen LogP contribution in [0, 0.1) is 0 Å². The third-order valence-electron chi connectivity index (χ3n) is 6.86. The van der Waals surface area contributed by atoms with Crippen molar-refractivity contribution in [3.63, 3.8) is 0 Å². The number of alkyl halides is 3. The van der Waals surface area contributed by atoms with Crippen molar-refractivity contribution in [1.29, 1.82) is 0 Å². The number of aromatic nitrogens is 3. The van der Waals surface area contributed by atoms with Crippen molar-refractivity contribution in [1.82, 2.24) is 15.0 Å². The quantitative estimate of drug-likeness (QED) is 0.324. The number of methoxy groups -OCH3 is 1. The molecule has 1 aromatic carbocycles. The number of nitrogens with zero attached hydrogens (tertiary/aromatic N) is 4. The second-order valence-electron chi connectivity index (χ2n) is 9.97. The first-order chi connectivity index (χ1) is 17.6. The van der Waals surface area contributed by atoms with Gasteiger partial charge in [-0.2, -0.15) is 13.2 Å². The van der Waals surface area contributed by atoms with E-state index in [0.717, 1.165) is 30.4 Å². The lowest BCUT2D eigenvalue weighted by atomic mass is 9.78. The lowest BCUT2D eigenvalue weighted by Crippen LogP contribution is -2.34. The summed E-state index contributed by atoms with van der Waals surface area (Å²) in [6.07, 6.45) is -2.14. The summed E-state index contributed by atoms with van der Waals surface area (Å²) < 4.78 is 46.1. The lowest BCUT2D eigenvalue weighted by molar-refractivity contribution is -0.137. The van der Waals surface area contributed by atoms with E-state index in [-0.39, 0.29) is 23.4 Å². The van der Waals surface area contributed by atoms with Crippen molar-refractivity contribution < 1.29 is 17.9 Å². The van der Waals surface area contributed by atoms with Gasteiger partial charge in [-0.3, -0.25) is 4.98 Å². The van der Waals surface area contributed by atoms with Crippen LogP contribution in [-0.4, -0.2) is 35.7 Å². The molecule has 0 amide bonds. The molecule has 0 aliphatic carbocycles. The number of pyridine rings is 3. The maximum absolute atomic E-state index is 13.6. The van der Waals surface area contributed by atoms with Crippen molar-refractivity contribution >= 4 is 28.1 Å². The first-order valence-electron chi connectivity index (χ1n) is 12.0. The first-order valence-corrected chi connectivity index (χ1v) is 12.0. The molecule has 0 saturated heterocycles. The van der Waals surface area contributed by atoms with Gasteiger partial charge in [-0.05, 0) is 59.9 Å². The van der Waals surface area contributed by atoms with E-state index in [2.05, 4.69) is 58.2 Å². The topological polar surface area (TPSA) is 63.2 Å². The molecule has 1 N–H and O–H groups in total. The molecule has 1 aliphatic rings. The number of hydrogen-bond acceptors (Lipinski definition) is 6. The Labute approximate surface area is 213 Å². The molecule has 0 bridgehead atoms. The van der Waals surface area contributed by atoms with Gasteiger partial charge in [-0.25, -0.2) is 9.97 Å². The van der Waals surface area contributed by atoms with Crippen LogP contribution < -0.4 is 10.2 Å². The number of fused-ring (bicyclic) bond motifs is 2. The van der Waals surface area contributed by atoms with E-state index in [1.807, 2.05) is 12.1 Å². The second kappa shape index (κ2) is 9.30. The molecule has 192 valence electrons. The number of ether oxygens (including phenoxy) is 1. The molecule has 4 heterocycles. The molecule has 37 heavy (non-hydrogen) atoms. The molecule has 5 rings (SSSR count). The minimum atomic E-state index is -4.55. The zero-order valence-corrected chi connectivity index (χ0v) is 21.1. The van der Waals surface area contributed by atoms with Crippen LogP contribution in [-0.2, 0) is 22.9 Å². The number of halogens is 3. The fourth-order valence-corrected chi connectivity index (χ4v) is 4.81. The average molecular weight is 508 g/mol. The highest BCUT2D eigenvalue weighted by atomic mass is 19.4. The maximum Gasteiger partial charge on any atom is 0.418 e. The van der Waals surface area contributed by atoms with Crippen LogP contribution in [0.25, 0.3) is 22.4 Å². The third-order valence-corrected chi connectivity index (χ3v) is 6.86. The second-order valence-corrected chi connectivity index (χ2v) is 9.97. The van der Waals surface area contributed by atoms with Crippen molar-refractivity contribution in [3.8, 4) is 11.4 Å². The highest BCUT2D eigenvalue weighted by molar-refractivity contribution is 5.92. The van der Waals surface area contributed by atoms with Crippen LogP contribution >= 0.6 is 0 Å². The van der Waals surface area contributed by atoms with Crippen LogP contribution in [0.3, 0.4) is 0 Å². The lowest BCUT2D eigenvalue weighted by Gasteiger charge is -2.38. The SMILES string of the molecule is COCc1cc(Nc2ccc3c(c2)N(C)CCC3(C)C)c2ccc(-c3ncccc3C(F)(F)F)nc2n1. The van der Waals surface area contributed by atoms with E-state index in [1.165, 1.54) is 23.5 Å². The molecule has 0 radical (unpaired) electrons. The third kappa shape index (κ3) is 4.83. The normalized spacial score (nSPS) is 15.1. The molecule has 0 unspecified atom stereocenters. The number of anilines is 3. The summed E-state index contributed by atoms with van der Waals surface area (Å²) >= 11 is 0. The summed E-state index contributed by atoms with van der Waals surface area (Å²) in [5.74, 6) is 0. The van der Waals surface area contributed by atoms with Gasteiger partial charge < -0.3 is 15.0 Å². The highest BCUT2D eigenvalue weighted by Gasteiger charge is 2.35. The average Bonchev–Trinajstić information content (AvgIpc) is 2.86. The predicted octanol–water partition coefficient (Wildman–Crippen LogP) is 6.72. The van der Waals surface area contributed by atoms with Crippen LogP contribution in [0.5, 0.6) is 0 Å². The molecule has 4 aromatic rings. The molecular formula is C28H28F3N5O. The Hall–Kier alpha value is -3.72. The number of nitrogens with one attached hydrogen (secondary N) is 1. The molecule has 0 fully saturated rings. The molecule has 0 atom stereocenters. The Morgan fingerprint density at radius 1 is 1.08 bits per heavy atom. The van der Waals surface area contributed by atoms with Gasteiger partial charge in [-0.1, -0.05) is 19.9 Å². The van der Waals surface area contributed by atoms with Crippen molar-refractivity contribution in [3.05, 3.63) is 71.5 Å². The molecule has 9 heteroatoms. The van der Waals surface area contributed by atoms with Gasteiger partial charge in [-0.15, -0.1) is 0 Å². The molecule has 0 spiro atoms. The van der Waals surface area contributed by atoms with Gasteiger partial charge in [0.25, 0.3) is 0 Å². The molecule has 3 aromatic heterocycles. The zero-order chi connectivity index (χ0) is 26.4. The Morgan fingerprint density at radius 3 is 2.65 bits per heavy atom. The summed E-state index contributed by atoms with van der Waals surface area (Å²) in [5.41, 5.74) is 4.15. The Bertz CT molecular complexity index is 1470.